The second kappa shape index (κ2) is 5.88. The zero-order chi connectivity index (χ0) is 13.1. The van der Waals surface area contributed by atoms with E-state index in [1.165, 1.54) is 30.5 Å². The van der Waals surface area contributed by atoms with Gasteiger partial charge >= 0.3 is 0 Å². The molecule has 2 heterocycles. The number of nitrogens with one attached hydrogen (secondary N) is 1. The third-order valence-electron chi connectivity index (χ3n) is 3.72. The number of halogens is 1. The fraction of sp³-hybridized carbons (Fsp3) is 0.400. The average Bonchev–Trinajstić information content (AvgIpc) is 2.75. The lowest BCUT2D eigenvalue weighted by molar-refractivity contribution is 0.464. The van der Waals surface area contributed by atoms with Crippen molar-refractivity contribution in [2.75, 3.05) is 13.1 Å². The van der Waals surface area contributed by atoms with Crippen LogP contribution in [0.15, 0.2) is 41.3 Å². The SMILES string of the molecule is Brc1ccc(-c2cncn2C2CCCCNC2)cc1. The van der Waals surface area contributed by atoms with Crippen LogP contribution in [-0.4, -0.2) is 22.6 Å². The summed E-state index contributed by atoms with van der Waals surface area (Å²) in [5.74, 6) is 0. The van der Waals surface area contributed by atoms with Crippen molar-refractivity contribution < 1.29 is 0 Å². The predicted octanol–water partition coefficient (Wildman–Crippen LogP) is 3.63. The van der Waals surface area contributed by atoms with E-state index in [-0.39, 0.29) is 0 Å². The van der Waals surface area contributed by atoms with Gasteiger partial charge in [-0.2, -0.15) is 0 Å². The van der Waals surface area contributed by atoms with E-state index >= 15 is 0 Å². The van der Waals surface area contributed by atoms with Gasteiger partial charge in [0.1, 0.15) is 0 Å². The Morgan fingerprint density at radius 2 is 2.05 bits per heavy atom. The van der Waals surface area contributed by atoms with Gasteiger partial charge in [0.05, 0.1) is 18.2 Å². The van der Waals surface area contributed by atoms with Crippen molar-refractivity contribution in [2.45, 2.75) is 25.3 Å². The Labute approximate surface area is 122 Å². The number of aromatic nitrogens is 2. The number of rotatable bonds is 2. The minimum Gasteiger partial charge on any atom is -0.326 e. The molecule has 3 rings (SSSR count). The molecular weight excluding hydrogens is 302 g/mol. The van der Waals surface area contributed by atoms with Crippen LogP contribution in [0.25, 0.3) is 11.3 Å². The van der Waals surface area contributed by atoms with Gasteiger partial charge in [-0.05, 0) is 37.1 Å². The highest BCUT2D eigenvalue weighted by molar-refractivity contribution is 9.10. The lowest BCUT2D eigenvalue weighted by Crippen LogP contribution is -2.23. The van der Waals surface area contributed by atoms with Crippen LogP contribution in [0.2, 0.25) is 0 Å². The van der Waals surface area contributed by atoms with Crippen molar-refractivity contribution in [3.05, 3.63) is 41.3 Å². The molecule has 19 heavy (non-hydrogen) atoms. The molecule has 100 valence electrons. The van der Waals surface area contributed by atoms with Gasteiger partial charge in [-0.25, -0.2) is 4.98 Å². The van der Waals surface area contributed by atoms with Crippen molar-refractivity contribution in [3.63, 3.8) is 0 Å². The van der Waals surface area contributed by atoms with E-state index in [9.17, 15) is 0 Å². The molecule has 4 heteroatoms. The van der Waals surface area contributed by atoms with E-state index in [0.29, 0.717) is 6.04 Å². The van der Waals surface area contributed by atoms with Crippen molar-refractivity contribution in [3.8, 4) is 11.3 Å². The van der Waals surface area contributed by atoms with Gasteiger partial charge in [-0.3, -0.25) is 0 Å². The molecule has 1 aliphatic heterocycles. The van der Waals surface area contributed by atoms with E-state index in [0.717, 1.165) is 17.6 Å². The molecule has 1 aliphatic rings. The van der Waals surface area contributed by atoms with Crippen molar-refractivity contribution in [2.24, 2.45) is 0 Å². The van der Waals surface area contributed by atoms with Crippen molar-refractivity contribution >= 4 is 15.9 Å². The number of hydrogen-bond donors (Lipinski definition) is 1. The van der Waals surface area contributed by atoms with Gasteiger partial charge in [0.15, 0.2) is 0 Å². The Hall–Kier alpha value is -1.13. The summed E-state index contributed by atoms with van der Waals surface area (Å²) in [6.07, 6.45) is 7.73. The first-order valence-electron chi connectivity index (χ1n) is 6.83. The Balaban J connectivity index is 1.90. The molecule has 1 aromatic heterocycles. The number of nitrogens with zero attached hydrogens (tertiary/aromatic N) is 2. The Morgan fingerprint density at radius 1 is 1.21 bits per heavy atom. The highest BCUT2D eigenvalue weighted by Gasteiger charge is 2.16. The van der Waals surface area contributed by atoms with Gasteiger partial charge in [-0.1, -0.05) is 34.5 Å². The second-order valence-corrected chi connectivity index (χ2v) is 5.96. The maximum absolute atomic E-state index is 4.35. The fourth-order valence-electron chi connectivity index (χ4n) is 2.68. The molecule has 3 nitrogen and oxygen atoms in total. The second-order valence-electron chi connectivity index (χ2n) is 5.05. The van der Waals surface area contributed by atoms with Gasteiger partial charge in [-0.15, -0.1) is 0 Å². The first-order chi connectivity index (χ1) is 9.34. The van der Waals surface area contributed by atoms with E-state index in [4.69, 9.17) is 0 Å². The number of hydrogen-bond acceptors (Lipinski definition) is 2. The largest absolute Gasteiger partial charge is 0.326 e. The van der Waals surface area contributed by atoms with E-state index in [1.54, 1.807) is 0 Å². The van der Waals surface area contributed by atoms with Crippen molar-refractivity contribution in [1.82, 2.24) is 14.9 Å². The smallest absolute Gasteiger partial charge is 0.0954 e. The molecular formula is C15H18BrN3. The summed E-state index contributed by atoms with van der Waals surface area (Å²) in [5, 5.41) is 3.52. The fourth-order valence-corrected chi connectivity index (χ4v) is 2.94. The van der Waals surface area contributed by atoms with Crippen LogP contribution in [0, 0.1) is 0 Å². The molecule has 2 aromatic rings. The summed E-state index contributed by atoms with van der Waals surface area (Å²) in [5.41, 5.74) is 2.44. The van der Waals surface area contributed by atoms with Crippen LogP contribution in [0.1, 0.15) is 25.3 Å². The summed E-state index contributed by atoms with van der Waals surface area (Å²) >= 11 is 3.48. The molecule has 1 atom stereocenters. The molecule has 1 saturated heterocycles. The van der Waals surface area contributed by atoms with Gasteiger partial charge in [0, 0.05) is 17.1 Å². The predicted molar refractivity (Wildman–Crippen MR) is 81.1 cm³/mol. The summed E-state index contributed by atoms with van der Waals surface area (Å²) in [7, 11) is 0. The Kier molecular flexibility index (Phi) is 3.99. The monoisotopic (exact) mass is 319 g/mol. The quantitative estimate of drug-likeness (QED) is 0.916. The summed E-state index contributed by atoms with van der Waals surface area (Å²) in [6, 6.07) is 8.96. The summed E-state index contributed by atoms with van der Waals surface area (Å²) in [4.78, 5) is 4.35. The van der Waals surface area contributed by atoms with Gasteiger partial charge in [0.2, 0.25) is 0 Å². The lowest BCUT2D eigenvalue weighted by atomic mass is 10.1. The first kappa shape index (κ1) is 12.9. The Bertz CT molecular complexity index is 525. The highest BCUT2D eigenvalue weighted by atomic mass is 79.9. The van der Waals surface area contributed by atoms with E-state index < -0.39 is 0 Å². The molecule has 0 amide bonds. The van der Waals surface area contributed by atoms with Gasteiger partial charge < -0.3 is 9.88 Å². The zero-order valence-corrected chi connectivity index (χ0v) is 12.4. The van der Waals surface area contributed by atoms with Crippen LogP contribution in [-0.2, 0) is 0 Å². The molecule has 1 fully saturated rings. The van der Waals surface area contributed by atoms with Crippen LogP contribution < -0.4 is 5.32 Å². The van der Waals surface area contributed by atoms with E-state index in [1.807, 2.05) is 12.5 Å². The van der Waals surface area contributed by atoms with Crippen LogP contribution in [0.3, 0.4) is 0 Å². The highest BCUT2D eigenvalue weighted by Crippen LogP contribution is 2.26. The normalized spacial score (nSPS) is 20.2. The summed E-state index contributed by atoms with van der Waals surface area (Å²) in [6.45, 7) is 2.18. The molecule has 1 aromatic carbocycles. The van der Waals surface area contributed by atoms with E-state index in [2.05, 4.69) is 55.1 Å². The zero-order valence-electron chi connectivity index (χ0n) is 10.8. The average molecular weight is 320 g/mol. The molecule has 1 N–H and O–H groups in total. The molecule has 1 unspecified atom stereocenters. The number of imidazole rings is 1. The number of benzene rings is 1. The first-order valence-corrected chi connectivity index (χ1v) is 7.62. The van der Waals surface area contributed by atoms with Crippen molar-refractivity contribution in [1.29, 1.82) is 0 Å². The molecule has 0 spiro atoms. The third-order valence-corrected chi connectivity index (χ3v) is 4.25. The van der Waals surface area contributed by atoms with Crippen LogP contribution >= 0.6 is 15.9 Å². The third kappa shape index (κ3) is 2.90. The minimum atomic E-state index is 0.517. The topological polar surface area (TPSA) is 29.9 Å². The maximum Gasteiger partial charge on any atom is 0.0954 e. The molecule has 0 aliphatic carbocycles. The Morgan fingerprint density at radius 3 is 2.89 bits per heavy atom. The molecule has 0 bridgehead atoms. The maximum atomic E-state index is 4.35. The van der Waals surface area contributed by atoms with Crippen LogP contribution in [0.4, 0.5) is 0 Å². The molecule has 0 radical (unpaired) electrons. The van der Waals surface area contributed by atoms with Gasteiger partial charge in [0.25, 0.3) is 0 Å². The van der Waals surface area contributed by atoms with Crippen LogP contribution in [0.5, 0.6) is 0 Å². The lowest BCUT2D eigenvalue weighted by Gasteiger charge is -2.19. The minimum absolute atomic E-state index is 0.517. The molecule has 0 saturated carbocycles. The standard InChI is InChI=1S/C15H18BrN3/c16-13-6-4-12(5-7-13)15-10-18-11-19(15)14-3-1-2-8-17-9-14/h4-7,10-11,14,17H,1-3,8-9H2. The summed E-state index contributed by atoms with van der Waals surface area (Å²) < 4.78 is 3.43.